The molecule has 0 atom stereocenters. The molecule has 1 N–H and O–H groups in total. The Bertz CT molecular complexity index is 1020. The van der Waals surface area contributed by atoms with Crippen LogP contribution in [0.4, 0.5) is 18.9 Å². The lowest BCUT2D eigenvalue weighted by Gasteiger charge is -2.26. The third kappa shape index (κ3) is 5.44. The average Bonchev–Trinajstić information content (AvgIpc) is 2.69. The first-order valence-corrected chi connectivity index (χ1v) is 10.8. The first kappa shape index (κ1) is 22.4. The van der Waals surface area contributed by atoms with Crippen LogP contribution in [-0.4, -0.2) is 38.1 Å². The van der Waals surface area contributed by atoms with Crippen LogP contribution in [0.2, 0.25) is 5.02 Å². The van der Waals surface area contributed by atoms with Gasteiger partial charge in [0.2, 0.25) is 10.0 Å². The number of rotatable bonds is 5. The molecule has 0 aromatic heterocycles. The van der Waals surface area contributed by atoms with Gasteiger partial charge in [-0.15, -0.1) is 13.2 Å². The first-order chi connectivity index (χ1) is 14.1. The molecule has 1 fully saturated rings. The van der Waals surface area contributed by atoms with Crippen molar-refractivity contribution in [1.29, 1.82) is 0 Å². The second-order valence-electron chi connectivity index (χ2n) is 6.64. The SMILES string of the molecule is O=C(Nc1ccc(OC(F)(F)F)cc1)c1ccc(Cl)c(S(=O)(=O)N2CCCCC2)c1. The zero-order valence-electron chi connectivity index (χ0n) is 15.6. The van der Waals surface area contributed by atoms with Gasteiger partial charge in [0, 0.05) is 24.3 Å². The summed E-state index contributed by atoms with van der Waals surface area (Å²) in [5, 5.41) is 2.50. The Labute approximate surface area is 176 Å². The minimum absolute atomic E-state index is 0.00535. The molecule has 162 valence electrons. The summed E-state index contributed by atoms with van der Waals surface area (Å²) in [6.07, 6.45) is -2.35. The van der Waals surface area contributed by atoms with Crippen LogP contribution < -0.4 is 10.1 Å². The summed E-state index contributed by atoms with van der Waals surface area (Å²) in [6.45, 7) is 0.781. The van der Waals surface area contributed by atoms with Crippen molar-refractivity contribution in [1.82, 2.24) is 4.31 Å². The lowest BCUT2D eigenvalue weighted by molar-refractivity contribution is -0.274. The van der Waals surface area contributed by atoms with Gasteiger partial charge >= 0.3 is 6.36 Å². The number of nitrogens with one attached hydrogen (secondary N) is 1. The van der Waals surface area contributed by atoms with Gasteiger partial charge in [0.15, 0.2) is 0 Å². The summed E-state index contributed by atoms with van der Waals surface area (Å²) in [7, 11) is -3.85. The summed E-state index contributed by atoms with van der Waals surface area (Å²) in [4.78, 5) is 12.4. The van der Waals surface area contributed by atoms with Gasteiger partial charge in [0.05, 0.1) is 5.02 Å². The highest BCUT2D eigenvalue weighted by Gasteiger charge is 2.31. The van der Waals surface area contributed by atoms with Crippen LogP contribution in [-0.2, 0) is 10.0 Å². The number of anilines is 1. The summed E-state index contributed by atoms with van der Waals surface area (Å²) in [5.41, 5.74) is 0.260. The fourth-order valence-corrected chi connectivity index (χ4v) is 5.05. The predicted molar refractivity (Wildman–Crippen MR) is 105 cm³/mol. The molecule has 0 bridgehead atoms. The van der Waals surface area contributed by atoms with E-state index in [1.54, 1.807) is 0 Å². The number of benzene rings is 2. The molecule has 11 heteroatoms. The Morgan fingerprint density at radius 2 is 1.67 bits per heavy atom. The van der Waals surface area contributed by atoms with E-state index in [2.05, 4.69) is 10.1 Å². The monoisotopic (exact) mass is 462 g/mol. The predicted octanol–water partition coefficient (Wildman–Crippen LogP) is 4.67. The number of sulfonamides is 1. The van der Waals surface area contributed by atoms with Crippen LogP contribution in [0, 0.1) is 0 Å². The zero-order valence-corrected chi connectivity index (χ0v) is 17.1. The Morgan fingerprint density at radius 3 is 2.27 bits per heavy atom. The average molecular weight is 463 g/mol. The quantitative estimate of drug-likeness (QED) is 0.701. The summed E-state index contributed by atoms with van der Waals surface area (Å²) >= 11 is 6.09. The van der Waals surface area contributed by atoms with E-state index in [0.717, 1.165) is 31.4 Å². The van der Waals surface area contributed by atoms with E-state index in [-0.39, 0.29) is 21.2 Å². The fourth-order valence-electron chi connectivity index (χ4n) is 3.03. The van der Waals surface area contributed by atoms with E-state index < -0.39 is 28.0 Å². The van der Waals surface area contributed by atoms with Crippen LogP contribution in [0.25, 0.3) is 0 Å². The van der Waals surface area contributed by atoms with Gasteiger partial charge in [-0.25, -0.2) is 8.42 Å². The lowest BCUT2D eigenvalue weighted by Crippen LogP contribution is -2.35. The number of halogens is 4. The molecule has 0 unspecified atom stereocenters. The van der Waals surface area contributed by atoms with Crippen molar-refractivity contribution in [3.05, 3.63) is 53.1 Å². The fraction of sp³-hybridized carbons (Fsp3) is 0.316. The number of carbonyl (C=O) groups is 1. The van der Waals surface area contributed by atoms with Crippen LogP contribution in [0.5, 0.6) is 5.75 Å². The minimum atomic E-state index is -4.82. The molecule has 30 heavy (non-hydrogen) atoms. The van der Waals surface area contributed by atoms with Crippen molar-refractivity contribution < 1.29 is 31.1 Å². The smallest absolute Gasteiger partial charge is 0.406 e. The molecule has 1 aliphatic heterocycles. The van der Waals surface area contributed by atoms with Crippen molar-refractivity contribution in [2.75, 3.05) is 18.4 Å². The molecule has 2 aromatic rings. The molecule has 1 heterocycles. The highest BCUT2D eigenvalue weighted by atomic mass is 35.5. The molecule has 3 rings (SSSR count). The van der Waals surface area contributed by atoms with Crippen molar-refractivity contribution in [2.24, 2.45) is 0 Å². The van der Waals surface area contributed by atoms with Crippen LogP contribution >= 0.6 is 11.6 Å². The normalized spacial score (nSPS) is 15.6. The highest BCUT2D eigenvalue weighted by molar-refractivity contribution is 7.89. The second kappa shape index (κ2) is 8.83. The van der Waals surface area contributed by atoms with Gasteiger partial charge in [-0.1, -0.05) is 18.0 Å². The Kier molecular flexibility index (Phi) is 6.59. The minimum Gasteiger partial charge on any atom is -0.406 e. The van der Waals surface area contributed by atoms with Crippen LogP contribution in [0.1, 0.15) is 29.6 Å². The van der Waals surface area contributed by atoms with Gasteiger partial charge in [0.1, 0.15) is 10.6 Å². The van der Waals surface area contributed by atoms with Crippen molar-refractivity contribution in [2.45, 2.75) is 30.5 Å². The number of hydrogen-bond acceptors (Lipinski definition) is 4. The van der Waals surface area contributed by atoms with Gasteiger partial charge < -0.3 is 10.1 Å². The molecule has 0 spiro atoms. The van der Waals surface area contributed by atoms with E-state index in [9.17, 15) is 26.4 Å². The van der Waals surface area contributed by atoms with Crippen molar-refractivity contribution >= 4 is 33.2 Å². The molecule has 1 aliphatic rings. The Hall–Kier alpha value is -2.30. The first-order valence-electron chi connectivity index (χ1n) is 9.03. The number of nitrogens with zero attached hydrogens (tertiary/aromatic N) is 1. The summed E-state index contributed by atoms with van der Waals surface area (Å²) in [5.74, 6) is -1.06. The third-order valence-electron chi connectivity index (χ3n) is 4.47. The van der Waals surface area contributed by atoms with Gasteiger partial charge in [0.25, 0.3) is 5.91 Å². The number of ether oxygens (including phenoxy) is 1. The maximum atomic E-state index is 12.9. The zero-order chi connectivity index (χ0) is 21.9. The van der Waals surface area contributed by atoms with Crippen LogP contribution in [0.15, 0.2) is 47.4 Å². The molecule has 2 aromatic carbocycles. The third-order valence-corrected chi connectivity index (χ3v) is 6.85. The Balaban J connectivity index is 1.78. The van der Waals surface area contributed by atoms with Gasteiger partial charge in [-0.2, -0.15) is 4.31 Å². The molecule has 1 saturated heterocycles. The molecule has 6 nitrogen and oxygen atoms in total. The maximum absolute atomic E-state index is 12.9. The van der Waals surface area contributed by atoms with Crippen LogP contribution in [0.3, 0.4) is 0 Å². The van der Waals surface area contributed by atoms with Crippen molar-refractivity contribution in [3.63, 3.8) is 0 Å². The number of piperidine rings is 1. The van der Waals surface area contributed by atoms with E-state index in [4.69, 9.17) is 11.6 Å². The maximum Gasteiger partial charge on any atom is 0.573 e. The highest BCUT2D eigenvalue weighted by Crippen LogP contribution is 2.29. The Morgan fingerprint density at radius 1 is 1.03 bits per heavy atom. The van der Waals surface area contributed by atoms with Crippen molar-refractivity contribution in [3.8, 4) is 5.75 Å². The van der Waals surface area contributed by atoms with E-state index >= 15 is 0 Å². The number of alkyl halides is 3. The standard InChI is InChI=1S/C19H18ClF3N2O4S/c20-16-9-4-13(12-17(16)30(27,28)25-10-2-1-3-11-25)18(26)24-14-5-7-15(8-6-14)29-19(21,22)23/h4-9,12H,1-3,10-11H2,(H,24,26). The second-order valence-corrected chi connectivity index (χ2v) is 8.95. The summed E-state index contributed by atoms with van der Waals surface area (Å²) in [6, 6.07) is 8.47. The number of carbonyl (C=O) groups excluding carboxylic acids is 1. The van der Waals surface area contributed by atoms with E-state index in [0.29, 0.717) is 13.1 Å². The summed E-state index contributed by atoms with van der Waals surface area (Å²) < 4.78 is 67.6. The largest absolute Gasteiger partial charge is 0.573 e. The molecule has 0 aliphatic carbocycles. The van der Waals surface area contributed by atoms with Gasteiger partial charge in [-0.3, -0.25) is 4.79 Å². The van der Waals surface area contributed by atoms with E-state index in [1.165, 1.54) is 34.6 Å². The topological polar surface area (TPSA) is 75.7 Å². The molecule has 1 amide bonds. The van der Waals surface area contributed by atoms with Gasteiger partial charge in [-0.05, 0) is 55.3 Å². The molecular formula is C19H18ClF3N2O4S. The molecule has 0 radical (unpaired) electrons. The number of hydrogen-bond donors (Lipinski definition) is 1. The molecular weight excluding hydrogens is 445 g/mol. The number of amides is 1. The van der Waals surface area contributed by atoms with E-state index in [1.807, 2.05) is 0 Å². The lowest BCUT2D eigenvalue weighted by atomic mass is 10.2. The molecule has 0 saturated carbocycles.